The molecule has 1 unspecified atom stereocenters. The molecule has 0 bridgehead atoms. The minimum Gasteiger partial charge on any atom is -0.462 e. The maximum Gasteiger partial charge on any atom is 0.322 e. The SMILES string of the molecule is C[C@@H]1CC(CCCCC/C=C/I)(Sc2ccccc2)C(=O)O1. The highest BCUT2D eigenvalue weighted by Gasteiger charge is 2.48. The van der Waals surface area contributed by atoms with Crippen LogP contribution >= 0.6 is 34.4 Å². The Kier molecular flexibility index (Phi) is 7.28. The van der Waals surface area contributed by atoms with E-state index >= 15 is 0 Å². The van der Waals surface area contributed by atoms with Crippen molar-refractivity contribution in [1.82, 2.24) is 0 Å². The van der Waals surface area contributed by atoms with Crippen LogP contribution in [-0.4, -0.2) is 16.8 Å². The first kappa shape index (κ1) is 17.9. The van der Waals surface area contributed by atoms with Crippen molar-refractivity contribution in [2.45, 2.75) is 61.2 Å². The van der Waals surface area contributed by atoms with Crippen LogP contribution in [0.25, 0.3) is 0 Å². The third kappa shape index (κ3) is 5.01. The Balaban J connectivity index is 1.96. The van der Waals surface area contributed by atoms with Gasteiger partial charge in [-0.2, -0.15) is 0 Å². The van der Waals surface area contributed by atoms with Gasteiger partial charge in [0.2, 0.25) is 0 Å². The summed E-state index contributed by atoms with van der Waals surface area (Å²) in [7, 11) is 0. The number of carbonyl (C=O) groups excluding carboxylic acids is 1. The number of cyclic esters (lactones) is 1. The van der Waals surface area contributed by atoms with Crippen LogP contribution in [0.3, 0.4) is 0 Å². The topological polar surface area (TPSA) is 26.3 Å². The Morgan fingerprint density at radius 1 is 1.32 bits per heavy atom. The lowest BCUT2D eigenvalue weighted by atomic mass is 9.96. The molecule has 2 atom stereocenters. The van der Waals surface area contributed by atoms with Crippen molar-refractivity contribution < 1.29 is 9.53 Å². The third-order valence-corrected chi connectivity index (χ3v) is 5.84. The Labute approximate surface area is 151 Å². The zero-order valence-electron chi connectivity index (χ0n) is 13.0. The predicted octanol–water partition coefficient (Wildman–Crippen LogP) is 5.75. The van der Waals surface area contributed by atoms with E-state index in [0.717, 1.165) is 30.6 Å². The molecule has 0 spiro atoms. The smallest absolute Gasteiger partial charge is 0.322 e. The van der Waals surface area contributed by atoms with Crippen LogP contribution < -0.4 is 0 Å². The average Bonchev–Trinajstić information content (AvgIpc) is 2.78. The lowest BCUT2D eigenvalue weighted by Crippen LogP contribution is -2.30. The molecule has 2 rings (SSSR count). The molecule has 1 aliphatic heterocycles. The van der Waals surface area contributed by atoms with Crippen molar-refractivity contribution in [2.24, 2.45) is 0 Å². The fourth-order valence-corrected chi connectivity index (χ4v) is 4.64. The van der Waals surface area contributed by atoms with Crippen molar-refractivity contribution in [2.75, 3.05) is 0 Å². The van der Waals surface area contributed by atoms with Gasteiger partial charge in [0.15, 0.2) is 0 Å². The fourth-order valence-electron chi connectivity index (χ4n) is 2.84. The number of carbonyl (C=O) groups is 1. The molecule has 0 saturated carbocycles. The second kappa shape index (κ2) is 8.96. The molecule has 1 heterocycles. The summed E-state index contributed by atoms with van der Waals surface area (Å²) in [6.07, 6.45) is 8.52. The number of allylic oxidation sites excluding steroid dienone is 1. The van der Waals surface area contributed by atoms with Crippen molar-refractivity contribution in [3.8, 4) is 0 Å². The van der Waals surface area contributed by atoms with Gasteiger partial charge in [-0.3, -0.25) is 4.79 Å². The van der Waals surface area contributed by atoms with Crippen molar-refractivity contribution >= 4 is 40.3 Å². The number of rotatable bonds is 8. The van der Waals surface area contributed by atoms with Gasteiger partial charge < -0.3 is 4.74 Å². The Hall–Kier alpha value is -0.490. The first-order valence-electron chi connectivity index (χ1n) is 7.87. The highest BCUT2D eigenvalue weighted by molar-refractivity contribution is 14.1. The van der Waals surface area contributed by atoms with E-state index in [2.05, 4.69) is 44.9 Å². The number of hydrogen-bond acceptors (Lipinski definition) is 3. The van der Waals surface area contributed by atoms with Crippen LogP contribution in [0, 0.1) is 0 Å². The van der Waals surface area contributed by atoms with E-state index in [4.69, 9.17) is 4.74 Å². The quantitative estimate of drug-likeness (QED) is 0.298. The summed E-state index contributed by atoms with van der Waals surface area (Å²) in [6, 6.07) is 10.2. The molecule has 120 valence electrons. The summed E-state index contributed by atoms with van der Waals surface area (Å²) in [6.45, 7) is 2.00. The van der Waals surface area contributed by atoms with Crippen LogP contribution in [0.5, 0.6) is 0 Å². The molecule has 1 aliphatic rings. The predicted molar refractivity (Wildman–Crippen MR) is 101 cm³/mol. The highest BCUT2D eigenvalue weighted by Crippen LogP contribution is 2.45. The van der Waals surface area contributed by atoms with Crippen LogP contribution in [0.1, 0.15) is 45.4 Å². The van der Waals surface area contributed by atoms with Gasteiger partial charge in [-0.1, -0.05) is 59.7 Å². The standard InChI is InChI=1S/C18H23IO2S/c1-15-14-18(17(20)21-15,12-8-3-2-4-9-13-19)22-16-10-6-5-7-11-16/h5-7,9-11,13,15H,2-4,8,12,14H2,1H3/b13-9+/t15-,18?/m1/s1. The van der Waals surface area contributed by atoms with Gasteiger partial charge in [0.1, 0.15) is 10.9 Å². The van der Waals surface area contributed by atoms with Gasteiger partial charge in [0, 0.05) is 11.3 Å². The molecule has 1 saturated heterocycles. The number of hydrogen-bond donors (Lipinski definition) is 0. The molecule has 1 aromatic carbocycles. The first-order chi connectivity index (χ1) is 10.7. The van der Waals surface area contributed by atoms with E-state index in [9.17, 15) is 4.79 Å². The summed E-state index contributed by atoms with van der Waals surface area (Å²) in [5.74, 6) is -0.0268. The van der Waals surface area contributed by atoms with Gasteiger partial charge in [0.25, 0.3) is 0 Å². The number of esters is 1. The van der Waals surface area contributed by atoms with Gasteiger partial charge >= 0.3 is 5.97 Å². The molecule has 4 heteroatoms. The summed E-state index contributed by atoms with van der Waals surface area (Å²) >= 11 is 3.94. The van der Waals surface area contributed by atoms with Crippen molar-refractivity contribution in [1.29, 1.82) is 0 Å². The summed E-state index contributed by atoms with van der Waals surface area (Å²) in [5.41, 5.74) is 0. The lowest BCUT2D eigenvalue weighted by molar-refractivity contribution is -0.142. The number of thioether (sulfide) groups is 1. The molecule has 0 amide bonds. The van der Waals surface area contributed by atoms with Crippen LogP contribution in [0.4, 0.5) is 0 Å². The number of halogens is 1. The molecule has 22 heavy (non-hydrogen) atoms. The molecular weight excluding hydrogens is 407 g/mol. The van der Waals surface area contributed by atoms with Crippen molar-refractivity contribution in [3.63, 3.8) is 0 Å². The Morgan fingerprint density at radius 2 is 2.09 bits per heavy atom. The molecule has 0 N–H and O–H groups in total. The normalized spacial score (nSPS) is 24.8. The van der Waals surface area contributed by atoms with Crippen molar-refractivity contribution in [3.05, 3.63) is 40.5 Å². The zero-order chi connectivity index (χ0) is 15.8. The second-order valence-corrected chi connectivity index (χ2v) is 7.97. The summed E-state index contributed by atoms with van der Waals surface area (Å²) < 4.78 is 7.15. The molecule has 1 fully saturated rings. The Morgan fingerprint density at radius 3 is 2.73 bits per heavy atom. The van der Waals surface area contributed by atoms with E-state index in [1.165, 1.54) is 12.8 Å². The second-order valence-electron chi connectivity index (χ2n) is 5.79. The van der Waals surface area contributed by atoms with Gasteiger partial charge in [-0.15, -0.1) is 11.8 Å². The highest BCUT2D eigenvalue weighted by atomic mass is 127. The lowest BCUT2D eigenvalue weighted by Gasteiger charge is -2.24. The summed E-state index contributed by atoms with van der Waals surface area (Å²) in [4.78, 5) is 13.6. The minimum absolute atomic E-state index is 0.0268. The maximum atomic E-state index is 12.4. The molecule has 2 nitrogen and oxygen atoms in total. The van der Waals surface area contributed by atoms with Crippen LogP contribution in [-0.2, 0) is 9.53 Å². The molecule has 1 aromatic rings. The van der Waals surface area contributed by atoms with E-state index in [0.29, 0.717) is 0 Å². The van der Waals surface area contributed by atoms with E-state index < -0.39 is 0 Å². The third-order valence-electron chi connectivity index (χ3n) is 3.89. The van der Waals surface area contributed by atoms with Gasteiger partial charge in [-0.25, -0.2) is 0 Å². The van der Waals surface area contributed by atoms with Crippen LogP contribution in [0.15, 0.2) is 45.4 Å². The molecular formula is C18H23IO2S. The molecule has 0 aromatic heterocycles. The van der Waals surface area contributed by atoms with E-state index in [1.54, 1.807) is 11.8 Å². The molecule has 0 aliphatic carbocycles. The number of unbranched alkanes of at least 4 members (excludes halogenated alkanes) is 3. The number of benzene rings is 1. The van der Waals surface area contributed by atoms with Gasteiger partial charge in [-0.05, 0) is 42.4 Å². The number of ether oxygens (including phenoxy) is 1. The van der Waals surface area contributed by atoms with E-state index in [1.807, 2.05) is 25.1 Å². The Bertz CT molecular complexity index is 503. The zero-order valence-corrected chi connectivity index (χ0v) is 15.9. The molecule has 0 radical (unpaired) electrons. The average molecular weight is 430 g/mol. The maximum absolute atomic E-state index is 12.4. The fraction of sp³-hybridized carbons (Fsp3) is 0.500. The van der Waals surface area contributed by atoms with E-state index in [-0.39, 0.29) is 16.8 Å². The van der Waals surface area contributed by atoms with Gasteiger partial charge in [0.05, 0.1) is 0 Å². The first-order valence-corrected chi connectivity index (χ1v) is 9.93. The summed E-state index contributed by atoms with van der Waals surface area (Å²) in [5, 5.41) is 0. The monoisotopic (exact) mass is 430 g/mol. The minimum atomic E-state index is -0.389. The van der Waals surface area contributed by atoms with Crippen LogP contribution in [0.2, 0.25) is 0 Å². The largest absolute Gasteiger partial charge is 0.462 e.